The maximum atomic E-state index is 8.59. The summed E-state index contributed by atoms with van der Waals surface area (Å²) in [6, 6.07) is 0. The van der Waals surface area contributed by atoms with E-state index < -0.39 is 0 Å². The highest BCUT2D eigenvalue weighted by Gasteiger charge is 1.98. The third-order valence-electron chi connectivity index (χ3n) is 6.83. The smallest absolute Gasteiger partial charge is 0.0701 e. The fourth-order valence-corrected chi connectivity index (χ4v) is 3.93. The molecule has 0 aliphatic heterocycles. The fourth-order valence-electron chi connectivity index (χ4n) is 3.93. The number of aliphatic hydroxyl groups is 1. The zero-order chi connectivity index (χ0) is 40.2. The van der Waals surface area contributed by atoms with Crippen LogP contribution in [0.15, 0.2) is 0 Å². The zero-order valence-corrected chi connectivity index (χ0v) is 34.6. The Balaban J connectivity index is 3.05. The van der Waals surface area contributed by atoms with Gasteiger partial charge in [0.15, 0.2) is 0 Å². The van der Waals surface area contributed by atoms with Gasteiger partial charge in [0.2, 0.25) is 0 Å². The Hall–Kier alpha value is -0.720. The molecule has 0 unspecified atom stereocenters. The van der Waals surface area contributed by atoms with E-state index in [0.29, 0.717) is 218 Å². The highest BCUT2D eigenvalue weighted by Crippen LogP contribution is 1.90. The van der Waals surface area contributed by atoms with Crippen LogP contribution in [0.2, 0.25) is 0 Å². The van der Waals surface area contributed by atoms with Crippen LogP contribution >= 0.6 is 0 Å². The molecule has 56 heavy (non-hydrogen) atoms. The van der Waals surface area contributed by atoms with E-state index in [1.54, 1.807) is 0 Å². The van der Waals surface area contributed by atoms with E-state index in [0.717, 1.165) is 19.4 Å². The van der Waals surface area contributed by atoms with E-state index in [4.69, 9.17) is 85.6 Å². The molecule has 0 heterocycles. The molecule has 0 radical (unpaired) electrons. The predicted molar refractivity (Wildman–Crippen MR) is 206 cm³/mol. The predicted octanol–water partition coefficient (Wildman–Crippen LogP) is 1.06. The molecule has 0 atom stereocenters. The van der Waals surface area contributed by atoms with Crippen LogP contribution in [0.25, 0.3) is 0 Å². The van der Waals surface area contributed by atoms with E-state index >= 15 is 0 Å². The second kappa shape index (κ2) is 54.3. The van der Waals surface area contributed by atoms with E-state index in [1.807, 2.05) is 0 Å². The SMILES string of the molecule is CCCCOCCOCCOCCOCCOCCOCCOCCOCCOCCOCCOCCOCCOCCOCCOCCOCCOCCO. The van der Waals surface area contributed by atoms with Crippen LogP contribution in [-0.4, -0.2) is 236 Å². The molecule has 0 rings (SSSR count). The van der Waals surface area contributed by atoms with Gasteiger partial charge >= 0.3 is 0 Å². The van der Waals surface area contributed by atoms with Gasteiger partial charge in [-0.2, -0.15) is 0 Å². The van der Waals surface area contributed by atoms with Crippen LogP contribution in [0.5, 0.6) is 0 Å². The third kappa shape index (κ3) is 53.3. The molecule has 1 N–H and O–H groups in total. The van der Waals surface area contributed by atoms with E-state index in [9.17, 15) is 0 Å². The average molecular weight is 823 g/mol. The molecule has 0 aromatic carbocycles. The van der Waals surface area contributed by atoms with Crippen molar-refractivity contribution in [3.05, 3.63) is 0 Å². The minimum Gasteiger partial charge on any atom is -0.394 e. The molecule has 0 saturated heterocycles. The molecule has 18 nitrogen and oxygen atoms in total. The summed E-state index contributed by atoms with van der Waals surface area (Å²) in [6.07, 6.45) is 2.23. The summed E-state index contributed by atoms with van der Waals surface area (Å²) >= 11 is 0. The second-order valence-corrected chi connectivity index (χ2v) is 11.5. The van der Waals surface area contributed by atoms with Gasteiger partial charge in [0.1, 0.15) is 0 Å². The van der Waals surface area contributed by atoms with Crippen LogP contribution in [0.4, 0.5) is 0 Å². The molecule has 18 heteroatoms. The van der Waals surface area contributed by atoms with Crippen LogP contribution < -0.4 is 0 Å². The summed E-state index contributed by atoms with van der Waals surface area (Å²) in [5.41, 5.74) is 0. The van der Waals surface area contributed by atoms with Gasteiger partial charge in [-0.3, -0.25) is 0 Å². The summed E-state index contributed by atoms with van der Waals surface area (Å²) in [5.74, 6) is 0. The van der Waals surface area contributed by atoms with Gasteiger partial charge in [0.25, 0.3) is 0 Å². The quantitative estimate of drug-likeness (QED) is 0.0861. The van der Waals surface area contributed by atoms with Gasteiger partial charge in [-0.1, -0.05) is 13.3 Å². The van der Waals surface area contributed by atoms with Gasteiger partial charge < -0.3 is 85.6 Å². The molecule has 0 aromatic rings. The van der Waals surface area contributed by atoms with Gasteiger partial charge in [0.05, 0.1) is 225 Å². The minimum atomic E-state index is 0.0220. The molecule has 0 aliphatic carbocycles. The van der Waals surface area contributed by atoms with Crippen LogP contribution in [0, 0.1) is 0 Å². The molecular weight excluding hydrogens is 744 g/mol. The van der Waals surface area contributed by atoms with Crippen LogP contribution in [0.3, 0.4) is 0 Å². The molecule has 0 fully saturated rings. The molecule has 0 saturated carbocycles. The molecule has 0 aromatic heterocycles. The summed E-state index contributed by atoms with van der Waals surface area (Å²) in [7, 11) is 0. The highest BCUT2D eigenvalue weighted by molar-refractivity contribution is 4.41. The largest absolute Gasteiger partial charge is 0.394 e. The number of aliphatic hydroxyl groups excluding tert-OH is 1. The van der Waals surface area contributed by atoms with Gasteiger partial charge in [0, 0.05) is 6.61 Å². The number of ether oxygens (including phenoxy) is 17. The Morgan fingerprint density at radius 1 is 0.196 bits per heavy atom. The lowest BCUT2D eigenvalue weighted by Gasteiger charge is -2.09. The van der Waals surface area contributed by atoms with Gasteiger partial charge in [-0.25, -0.2) is 0 Å². The monoisotopic (exact) mass is 823 g/mol. The summed E-state index contributed by atoms with van der Waals surface area (Å²) < 4.78 is 92.5. The average Bonchev–Trinajstić information content (AvgIpc) is 3.21. The molecule has 0 bridgehead atoms. The maximum absolute atomic E-state index is 8.59. The summed E-state index contributed by atoms with van der Waals surface area (Å²) in [6.45, 7) is 19.7. The van der Waals surface area contributed by atoms with Crippen LogP contribution in [0.1, 0.15) is 19.8 Å². The zero-order valence-electron chi connectivity index (χ0n) is 34.6. The van der Waals surface area contributed by atoms with E-state index in [2.05, 4.69) is 6.92 Å². The first-order chi connectivity index (χ1) is 27.9. The molecule has 0 aliphatic rings. The normalized spacial score (nSPS) is 11.7. The van der Waals surface area contributed by atoms with Crippen molar-refractivity contribution in [2.24, 2.45) is 0 Å². The number of hydrogen-bond donors (Lipinski definition) is 1. The van der Waals surface area contributed by atoms with Crippen molar-refractivity contribution in [2.45, 2.75) is 19.8 Å². The Labute approximate surface area is 336 Å². The van der Waals surface area contributed by atoms with Crippen molar-refractivity contribution >= 4 is 0 Å². The summed E-state index contributed by atoms with van der Waals surface area (Å²) in [4.78, 5) is 0. The van der Waals surface area contributed by atoms with E-state index in [1.165, 1.54) is 0 Å². The number of rotatable bonds is 53. The number of hydrogen-bond acceptors (Lipinski definition) is 18. The first-order valence-electron chi connectivity index (χ1n) is 20.3. The third-order valence-corrected chi connectivity index (χ3v) is 6.83. The lowest BCUT2D eigenvalue weighted by molar-refractivity contribution is -0.0308. The van der Waals surface area contributed by atoms with Crippen molar-refractivity contribution in [2.75, 3.05) is 231 Å². The highest BCUT2D eigenvalue weighted by atomic mass is 16.6. The summed E-state index contributed by atoms with van der Waals surface area (Å²) in [5, 5.41) is 8.59. The topological polar surface area (TPSA) is 177 Å². The van der Waals surface area contributed by atoms with Gasteiger partial charge in [-0.15, -0.1) is 0 Å². The molecule has 0 amide bonds. The van der Waals surface area contributed by atoms with E-state index in [-0.39, 0.29) is 6.61 Å². The van der Waals surface area contributed by atoms with Crippen molar-refractivity contribution in [1.29, 1.82) is 0 Å². The van der Waals surface area contributed by atoms with Crippen LogP contribution in [-0.2, 0) is 80.5 Å². The first kappa shape index (κ1) is 55.3. The van der Waals surface area contributed by atoms with Crippen molar-refractivity contribution < 1.29 is 85.6 Å². The second-order valence-electron chi connectivity index (χ2n) is 11.5. The van der Waals surface area contributed by atoms with Crippen molar-refractivity contribution in [3.63, 3.8) is 0 Å². The van der Waals surface area contributed by atoms with Crippen molar-refractivity contribution in [1.82, 2.24) is 0 Å². The Morgan fingerprint density at radius 3 is 0.446 bits per heavy atom. The van der Waals surface area contributed by atoms with Crippen molar-refractivity contribution in [3.8, 4) is 0 Å². The number of unbranched alkanes of at least 4 members (excludes halogenated alkanes) is 1. The molecule has 338 valence electrons. The Bertz CT molecular complexity index is 618. The molecule has 0 spiro atoms. The standard InChI is InChI=1S/C38H78O18/c1-2-3-5-40-7-9-42-11-13-44-15-17-46-19-21-48-23-25-50-27-29-52-31-33-54-35-37-56-38-36-55-34-32-53-30-28-51-26-24-49-22-20-47-18-16-45-14-12-43-10-8-41-6-4-39/h39H,2-38H2,1H3. The lowest BCUT2D eigenvalue weighted by Crippen LogP contribution is -2.16. The Morgan fingerprint density at radius 2 is 0.321 bits per heavy atom. The van der Waals surface area contributed by atoms with Gasteiger partial charge in [-0.05, 0) is 6.42 Å². The first-order valence-corrected chi connectivity index (χ1v) is 20.3. The Kier molecular flexibility index (Phi) is 53.6. The fraction of sp³-hybridized carbons (Fsp3) is 1.00. The molecular formula is C38H78O18. The maximum Gasteiger partial charge on any atom is 0.0701 e. The minimum absolute atomic E-state index is 0.0220. The lowest BCUT2D eigenvalue weighted by atomic mass is 10.4.